The molecule has 0 spiro atoms. The summed E-state index contributed by atoms with van der Waals surface area (Å²) < 4.78 is 42.7. The number of hydrogen-bond acceptors (Lipinski definition) is 7. The molecule has 0 fully saturated rings. The number of benzene rings is 1. The Morgan fingerprint density at radius 1 is 1.29 bits per heavy atom. The largest absolute Gasteiger partial charge is 0.496 e. The Morgan fingerprint density at radius 3 is 2.61 bits per heavy atom. The van der Waals surface area contributed by atoms with E-state index in [0.717, 1.165) is 0 Å². The lowest BCUT2D eigenvalue weighted by Gasteiger charge is -2.17. The van der Waals surface area contributed by atoms with Crippen molar-refractivity contribution >= 4 is 11.6 Å². The van der Waals surface area contributed by atoms with Crippen LogP contribution in [0.2, 0.25) is 0 Å². The lowest BCUT2D eigenvalue weighted by atomic mass is 10.0. The highest BCUT2D eigenvalue weighted by Crippen LogP contribution is 2.37. The molecular formula is C20H22F2N4O5. The van der Waals surface area contributed by atoms with E-state index in [0.29, 0.717) is 22.5 Å². The zero-order valence-electron chi connectivity index (χ0n) is 17.3. The maximum Gasteiger partial charge on any atom is 0.387 e. The van der Waals surface area contributed by atoms with E-state index in [2.05, 4.69) is 20.1 Å². The third-order valence-corrected chi connectivity index (χ3v) is 4.19. The van der Waals surface area contributed by atoms with Crippen LogP contribution in [0.4, 0.5) is 8.78 Å². The van der Waals surface area contributed by atoms with Crippen LogP contribution in [0, 0.1) is 0 Å². The van der Waals surface area contributed by atoms with E-state index in [1.807, 2.05) is 0 Å². The van der Waals surface area contributed by atoms with Crippen LogP contribution in [0.15, 0.2) is 30.7 Å². The van der Waals surface area contributed by atoms with Gasteiger partial charge in [-0.25, -0.2) is 9.50 Å². The highest BCUT2D eigenvalue weighted by molar-refractivity contribution is 6.00. The van der Waals surface area contributed by atoms with Gasteiger partial charge in [-0.2, -0.15) is 13.9 Å². The first-order valence-corrected chi connectivity index (χ1v) is 9.21. The molecule has 0 atom stereocenters. The third kappa shape index (κ3) is 5.00. The Bertz CT molecular complexity index is 1100. The molecule has 0 aliphatic carbocycles. The van der Waals surface area contributed by atoms with Crippen molar-refractivity contribution in [3.05, 3.63) is 36.3 Å². The molecule has 0 aliphatic heterocycles. The van der Waals surface area contributed by atoms with Crippen molar-refractivity contribution in [2.45, 2.75) is 26.1 Å². The van der Waals surface area contributed by atoms with Gasteiger partial charge in [-0.1, -0.05) is 0 Å². The summed E-state index contributed by atoms with van der Waals surface area (Å²) in [6.45, 7) is 0.140. The molecule has 0 radical (unpaired) electrons. The molecule has 2 heterocycles. The summed E-state index contributed by atoms with van der Waals surface area (Å²) in [4.78, 5) is 16.5. The lowest BCUT2D eigenvalue weighted by Crippen LogP contribution is -2.27. The van der Waals surface area contributed by atoms with Crippen LogP contribution in [0.25, 0.3) is 16.8 Å². The van der Waals surface area contributed by atoms with Crippen molar-refractivity contribution in [3.8, 4) is 28.4 Å². The number of methoxy groups -OCH3 is 1. The number of amides is 1. The zero-order valence-corrected chi connectivity index (χ0v) is 17.3. The van der Waals surface area contributed by atoms with Gasteiger partial charge in [0.15, 0.2) is 11.4 Å². The minimum absolute atomic E-state index is 0.0528. The van der Waals surface area contributed by atoms with Gasteiger partial charge in [-0.05, 0) is 31.5 Å². The molecular weight excluding hydrogens is 414 g/mol. The van der Waals surface area contributed by atoms with Gasteiger partial charge in [-0.15, -0.1) is 0 Å². The fraction of sp³-hybridized carbons (Fsp3) is 0.350. The number of ether oxygens (including phenoxy) is 3. The van der Waals surface area contributed by atoms with Crippen molar-refractivity contribution in [1.82, 2.24) is 19.9 Å². The number of hydrogen-bond donors (Lipinski definition) is 2. The van der Waals surface area contributed by atoms with E-state index in [1.54, 1.807) is 20.0 Å². The summed E-state index contributed by atoms with van der Waals surface area (Å²) in [6.07, 6.45) is 4.52. The SMILES string of the molecule is CNC(=O)c1c(OC)cc(-c2cnn3cc(OCC(C)(C)O)cnc23)cc1OC(F)F. The van der Waals surface area contributed by atoms with Crippen molar-refractivity contribution in [1.29, 1.82) is 0 Å². The van der Waals surface area contributed by atoms with Crippen LogP contribution in [0.5, 0.6) is 17.2 Å². The average Bonchev–Trinajstić information content (AvgIpc) is 3.13. The van der Waals surface area contributed by atoms with Crippen LogP contribution in [0.1, 0.15) is 24.2 Å². The standard InChI is InChI=1S/C20H22F2N4O5/c1-20(2,28)10-30-12-7-24-17-13(8-25-26(17)9-12)11-5-14(29-4)16(18(27)23-3)15(6-11)31-19(21)22/h5-9,19,28H,10H2,1-4H3,(H,23,27). The maximum atomic E-state index is 13.0. The first-order chi connectivity index (χ1) is 14.6. The predicted molar refractivity (Wildman–Crippen MR) is 107 cm³/mol. The zero-order chi connectivity index (χ0) is 22.8. The number of rotatable bonds is 8. The molecule has 1 aromatic carbocycles. The molecule has 0 unspecified atom stereocenters. The quantitative estimate of drug-likeness (QED) is 0.559. The van der Waals surface area contributed by atoms with Crippen molar-refractivity contribution in [3.63, 3.8) is 0 Å². The number of fused-ring (bicyclic) bond motifs is 1. The van der Waals surface area contributed by atoms with E-state index in [9.17, 15) is 18.7 Å². The summed E-state index contributed by atoms with van der Waals surface area (Å²) in [5, 5.41) is 16.4. The second kappa shape index (κ2) is 8.72. The third-order valence-electron chi connectivity index (χ3n) is 4.19. The molecule has 11 heteroatoms. The Balaban J connectivity index is 2.06. The molecule has 0 saturated heterocycles. The Labute approximate surface area is 176 Å². The van der Waals surface area contributed by atoms with Crippen LogP contribution < -0.4 is 19.5 Å². The summed E-state index contributed by atoms with van der Waals surface area (Å²) in [5.41, 5.74) is 0.144. The number of halogens is 2. The number of carbonyl (C=O) groups excluding carboxylic acids is 1. The number of aliphatic hydroxyl groups is 1. The van der Waals surface area contributed by atoms with Gasteiger partial charge >= 0.3 is 6.61 Å². The summed E-state index contributed by atoms with van der Waals surface area (Å²) in [6, 6.07) is 2.82. The number of nitrogens with one attached hydrogen (secondary N) is 1. The molecule has 3 rings (SSSR count). The van der Waals surface area contributed by atoms with Gasteiger partial charge in [0.05, 0.1) is 31.3 Å². The second-order valence-corrected chi connectivity index (χ2v) is 7.23. The van der Waals surface area contributed by atoms with Gasteiger partial charge < -0.3 is 24.6 Å². The highest BCUT2D eigenvalue weighted by atomic mass is 19.3. The van der Waals surface area contributed by atoms with Gasteiger partial charge in [0.1, 0.15) is 23.7 Å². The lowest BCUT2D eigenvalue weighted by molar-refractivity contribution is -0.0502. The monoisotopic (exact) mass is 436 g/mol. The Hall–Kier alpha value is -3.47. The molecule has 0 bridgehead atoms. The average molecular weight is 436 g/mol. The molecule has 9 nitrogen and oxygen atoms in total. The summed E-state index contributed by atoms with van der Waals surface area (Å²) in [7, 11) is 2.69. The van der Waals surface area contributed by atoms with Crippen LogP contribution >= 0.6 is 0 Å². The molecule has 31 heavy (non-hydrogen) atoms. The molecule has 3 aromatic rings. The fourth-order valence-corrected chi connectivity index (χ4v) is 2.84. The minimum atomic E-state index is -3.14. The van der Waals surface area contributed by atoms with Gasteiger partial charge in [-0.3, -0.25) is 4.79 Å². The van der Waals surface area contributed by atoms with E-state index in [4.69, 9.17) is 9.47 Å². The van der Waals surface area contributed by atoms with E-state index < -0.39 is 18.1 Å². The smallest absolute Gasteiger partial charge is 0.387 e. The van der Waals surface area contributed by atoms with E-state index in [-0.39, 0.29) is 23.7 Å². The maximum absolute atomic E-state index is 13.0. The fourth-order valence-electron chi connectivity index (χ4n) is 2.84. The molecule has 0 aliphatic rings. The van der Waals surface area contributed by atoms with Crippen LogP contribution in [0.3, 0.4) is 0 Å². The predicted octanol–water partition coefficient (Wildman–Crippen LogP) is 2.52. The number of carbonyl (C=O) groups is 1. The molecule has 166 valence electrons. The van der Waals surface area contributed by atoms with Gasteiger partial charge in [0, 0.05) is 12.6 Å². The number of alkyl halides is 2. The highest BCUT2D eigenvalue weighted by Gasteiger charge is 2.23. The Morgan fingerprint density at radius 2 is 2.00 bits per heavy atom. The van der Waals surface area contributed by atoms with Crippen LogP contribution in [-0.2, 0) is 0 Å². The normalized spacial score (nSPS) is 11.6. The van der Waals surface area contributed by atoms with Crippen molar-refractivity contribution < 1.29 is 32.9 Å². The Kier molecular flexibility index (Phi) is 6.25. The molecule has 1 amide bonds. The molecule has 2 N–H and O–H groups in total. The summed E-state index contributed by atoms with van der Waals surface area (Å²) in [5.74, 6) is -0.533. The number of nitrogens with zero attached hydrogens (tertiary/aromatic N) is 3. The van der Waals surface area contributed by atoms with Crippen LogP contribution in [-0.4, -0.2) is 58.6 Å². The second-order valence-electron chi connectivity index (χ2n) is 7.23. The van der Waals surface area contributed by atoms with Gasteiger partial charge in [0.2, 0.25) is 0 Å². The molecule has 0 saturated carbocycles. The first-order valence-electron chi connectivity index (χ1n) is 9.21. The first kappa shape index (κ1) is 22.2. The minimum Gasteiger partial charge on any atom is -0.496 e. The summed E-state index contributed by atoms with van der Waals surface area (Å²) >= 11 is 0. The topological polar surface area (TPSA) is 107 Å². The van der Waals surface area contributed by atoms with Crippen molar-refractivity contribution in [2.24, 2.45) is 0 Å². The number of aromatic nitrogens is 3. The molecule has 2 aromatic heterocycles. The van der Waals surface area contributed by atoms with Gasteiger partial charge in [0.25, 0.3) is 5.91 Å². The van der Waals surface area contributed by atoms with E-state index in [1.165, 1.54) is 43.2 Å². The van der Waals surface area contributed by atoms with E-state index >= 15 is 0 Å². The van der Waals surface area contributed by atoms with Crippen molar-refractivity contribution in [2.75, 3.05) is 20.8 Å².